The molecule has 0 unspecified atom stereocenters. The first-order chi connectivity index (χ1) is 27.3. The highest BCUT2D eigenvalue weighted by Gasteiger charge is 2.44. The molecular formula is C43H58N6O8. The highest BCUT2D eigenvalue weighted by molar-refractivity contribution is 5.78. The second-order valence-electron chi connectivity index (χ2n) is 15.9. The Morgan fingerprint density at radius 2 is 1.14 bits per heavy atom. The van der Waals surface area contributed by atoms with Gasteiger partial charge in [-0.15, -0.1) is 0 Å². The molecule has 0 bridgehead atoms. The maximum absolute atomic E-state index is 12.9. The van der Waals surface area contributed by atoms with Gasteiger partial charge in [0.15, 0.2) is 0 Å². The Morgan fingerprint density at radius 3 is 1.58 bits per heavy atom. The number of ether oxygens (including phenoxy) is 3. The smallest absolute Gasteiger partial charge is 0.410 e. The number of rotatable bonds is 12. The van der Waals surface area contributed by atoms with Gasteiger partial charge in [0.2, 0.25) is 0 Å². The highest BCUT2D eigenvalue weighted by Crippen LogP contribution is 2.39. The number of likely N-dealkylation sites (tertiary alicyclic amines) is 1. The molecule has 1 amide bonds. The van der Waals surface area contributed by atoms with E-state index in [0.29, 0.717) is 65.1 Å². The summed E-state index contributed by atoms with van der Waals surface area (Å²) in [6.45, 7) is 13.5. The Kier molecular flexibility index (Phi) is 14.6. The monoisotopic (exact) mass is 786 g/mol. The number of carbonyl (C=O) groups is 3. The van der Waals surface area contributed by atoms with Gasteiger partial charge < -0.3 is 33.6 Å². The summed E-state index contributed by atoms with van der Waals surface area (Å²) in [6, 6.07) is 15.2. The SMILES string of the molecule is CCOC(=O)C1(CCCn2c(=O)cnc3ccccc32)CCN(C(=O)OC(C)(C)C)CC1.CCOC(=O)C1(CCCn2c(=O)cnc3ccccc32)CCNCC1. The van der Waals surface area contributed by atoms with Crippen LogP contribution in [0.15, 0.2) is 70.5 Å². The molecule has 4 heterocycles. The van der Waals surface area contributed by atoms with Crippen molar-refractivity contribution in [2.45, 2.75) is 105 Å². The van der Waals surface area contributed by atoms with E-state index in [2.05, 4.69) is 15.3 Å². The fourth-order valence-corrected chi connectivity index (χ4v) is 7.87. The normalized spacial score (nSPS) is 16.3. The number of carbonyl (C=O) groups excluding carboxylic acids is 3. The second kappa shape index (κ2) is 19.4. The highest BCUT2D eigenvalue weighted by atomic mass is 16.6. The maximum atomic E-state index is 12.9. The van der Waals surface area contributed by atoms with Gasteiger partial charge in [0.1, 0.15) is 5.60 Å². The van der Waals surface area contributed by atoms with E-state index in [1.165, 1.54) is 12.4 Å². The number of fused-ring (bicyclic) bond motifs is 2. The molecule has 14 nitrogen and oxygen atoms in total. The summed E-state index contributed by atoms with van der Waals surface area (Å²) < 4.78 is 19.7. The maximum Gasteiger partial charge on any atom is 0.410 e. The Hall–Kier alpha value is -5.11. The van der Waals surface area contributed by atoms with Crippen LogP contribution in [0.4, 0.5) is 4.79 Å². The fraction of sp³-hybridized carbons (Fsp3) is 0.558. The van der Waals surface area contributed by atoms with Gasteiger partial charge in [0.25, 0.3) is 11.1 Å². The van der Waals surface area contributed by atoms with Crippen molar-refractivity contribution in [3.63, 3.8) is 0 Å². The van der Waals surface area contributed by atoms with Gasteiger partial charge in [0, 0.05) is 26.2 Å². The molecule has 0 saturated carbocycles. The average Bonchev–Trinajstić information content (AvgIpc) is 3.20. The van der Waals surface area contributed by atoms with Crippen molar-refractivity contribution in [2.24, 2.45) is 10.8 Å². The molecule has 1 N–H and O–H groups in total. The van der Waals surface area contributed by atoms with Crippen molar-refractivity contribution in [1.82, 2.24) is 29.3 Å². The van der Waals surface area contributed by atoms with Crippen LogP contribution in [0.5, 0.6) is 0 Å². The lowest BCUT2D eigenvalue weighted by atomic mass is 9.74. The summed E-state index contributed by atoms with van der Waals surface area (Å²) in [6.07, 6.45) is 7.66. The van der Waals surface area contributed by atoms with Gasteiger partial charge in [-0.1, -0.05) is 24.3 Å². The van der Waals surface area contributed by atoms with Gasteiger partial charge in [0.05, 0.1) is 58.5 Å². The van der Waals surface area contributed by atoms with Crippen LogP contribution in [0.1, 0.15) is 86.0 Å². The lowest BCUT2D eigenvalue weighted by Gasteiger charge is -2.40. The minimum Gasteiger partial charge on any atom is -0.466 e. The minimum atomic E-state index is -0.666. The quantitative estimate of drug-likeness (QED) is 0.135. The Balaban J connectivity index is 0.000000224. The van der Waals surface area contributed by atoms with Gasteiger partial charge in [-0.05, 0) is 123 Å². The average molecular weight is 787 g/mol. The number of aromatic nitrogens is 4. The molecule has 2 aromatic carbocycles. The third-order valence-electron chi connectivity index (χ3n) is 10.9. The van der Waals surface area contributed by atoms with Crippen LogP contribution in [0.2, 0.25) is 0 Å². The van der Waals surface area contributed by atoms with E-state index in [-0.39, 0.29) is 29.2 Å². The summed E-state index contributed by atoms with van der Waals surface area (Å²) in [4.78, 5) is 72.5. The van der Waals surface area contributed by atoms with E-state index < -0.39 is 16.4 Å². The van der Waals surface area contributed by atoms with E-state index in [1.54, 1.807) is 21.0 Å². The number of amides is 1. The van der Waals surface area contributed by atoms with E-state index in [0.717, 1.165) is 60.8 Å². The third kappa shape index (κ3) is 10.8. The molecule has 6 rings (SSSR count). The third-order valence-corrected chi connectivity index (χ3v) is 10.9. The number of piperidine rings is 2. The number of nitrogens with one attached hydrogen (secondary N) is 1. The van der Waals surface area contributed by atoms with Crippen molar-refractivity contribution >= 4 is 40.1 Å². The minimum absolute atomic E-state index is 0.0940. The zero-order valence-corrected chi connectivity index (χ0v) is 34.1. The van der Waals surface area contributed by atoms with E-state index >= 15 is 0 Å². The topological polar surface area (TPSA) is 164 Å². The molecule has 0 spiro atoms. The first-order valence-electron chi connectivity index (χ1n) is 20.2. The van der Waals surface area contributed by atoms with Crippen molar-refractivity contribution in [1.29, 1.82) is 0 Å². The van der Waals surface area contributed by atoms with Crippen LogP contribution in [-0.4, -0.2) is 87.0 Å². The van der Waals surface area contributed by atoms with Crippen molar-refractivity contribution < 1.29 is 28.6 Å². The van der Waals surface area contributed by atoms with Crippen LogP contribution >= 0.6 is 0 Å². The number of hydrogen-bond donors (Lipinski definition) is 1. The fourth-order valence-electron chi connectivity index (χ4n) is 7.87. The lowest BCUT2D eigenvalue weighted by molar-refractivity contribution is -0.159. The van der Waals surface area contributed by atoms with Gasteiger partial charge in [-0.2, -0.15) is 0 Å². The molecular weight excluding hydrogens is 729 g/mol. The molecule has 0 radical (unpaired) electrons. The predicted molar refractivity (Wildman–Crippen MR) is 218 cm³/mol. The standard InChI is InChI=1S/C24H33N3O5.C19H25N3O3/c1-5-31-21(29)24(12-15-26(16-13-24)22(30)32-23(2,3)4)11-8-14-27-19-10-7-6-9-18(19)25-17-20(27)28;1-2-25-18(24)19(9-11-20-12-10-19)8-5-13-22-16-7-4-3-6-15(16)21-14-17(22)23/h6-7,9-10,17H,5,8,11-16H2,1-4H3;3-4,6-7,14,20H,2,5,8-13H2,1H3. The molecule has 2 aromatic heterocycles. The number of para-hydroxylation sites is 4. The van der Waals surface area contributed by atoms with Crippen LogP contribution in [0.25, 0.3) is 22.1 Å². The van der Waals surface area contributed by atoms with E-state index in [1.807, 2.05) is 76.2 Å². The Morgan fingerprint density at radius 1 is 0.702 bits per heavy atom. The van der Waals surface area contributed by atoms with Crippen LogP contribution in [-0.2, 0) is 36.9 Å². The summed E-state index contributed by atoms with van der Waals surface area (Å²) in [5.74, 6) is -0.320. The molecule has 0 atom stereocenters. The van der Waals surface area contributed by atoms with Crippen LogP contribution in [0, 0.1) is 10.8 Å². The summed E-state index contributed by atoms with van der Waals surface area (Å²) in [7, 11) is 0. The number of esters is 2. The largest absolute Gasteiger partial charge is 0.466 e. The first kappa shape index (κ1) is 43.0. The number of nitrogens with zero attached hydrogens (tertiary/aromatic N) is 5. The summed E-state index contributed by atoms with van der Waals surface area (Å²) in [5, 5.41) is 3.31. The molecule has 0 aliphatic carbocycles. The lowest BCUT2D eigenvalue weighted by Crippen LogP contribution is -2.48. The molecule has 57 heavy (non-hydrogen) atoms. The Labute approximate surface area is 333 Å². The van der Waals surface area contributed by atoms with E-state index in [4.69, 9.17) is 14.2 Å². The summed E-state index contributed by atoms with van der Waals surface area (Å²) >= 11 is 0. The Bertz CT molecular complexity index is 2110. The molecule has 2 aliphatic heterocycles. The van der Waals surface area contributed by atoms with Crippen LogP contribution < -0.4 is 16.4 Å². The van der Waals surface area contributed by atoms with Crippen molar-refractivity contribution in [2.75, 3.05) is 39.4 Å². The number of benzene rings is 2. The van der Waals surface area contributed by atoms with Gasteiger partial charge >= 0.3 is 18.0 Å². The molecule has 2 saturated heterocycles. The predicted octanol–water partition coefficient (Wildman–Crippen LogP) is 5.87. The molecule has 2 fully saturated rings. The molecule has 4 aromatic rings. The second-order valence-corrected chi connectivity index (χ2v) is 15.9. The number of aryl methyl sites for hydroxylation is 2. The van der Waals surface area contributed by atoms with Gasteiger partial charge in [-0.25, -0.2) is 14.8 Å². The van der Waals surface area contributed by atoms with Crippen molar-refractivity contribution in [3.05, 3.63) is 81.6 Å². The molecule has 14 heteroatoms. The molecule has 308 valence electrons. The van der Waals surface area contributed by atoms with Gasteiger partial charge in [-0.3, -0.25) is 19.2 Å². The number of hydrogen-bond acceptors (Lipinski definition) is 11. The first-order valence-corrected chi connectivity index (χ1v) is 20.2. The zero-order valence-electron chi connectivity index (χ0n) is 34.1. The van der Waals surface area contributed by atoms with E-state index in [9.17, 15) is 24.0 Å². The zero-order chi connectivity index (χ0) is 41.1. The molecule has 2 aliphatic rings. The van der Waals surface area contributed by atoms with Crippen LogP contribution in [0.3, 0.4) is 0 Å². The summed E-state index contributed by atoms with van der Waals surface area (Å²) in [5.41, 5.74) is 1.28. The van der Waals surface area contributed by atoms with Crippen molar-refractivity contribution in [3.8, 4) is 0 Å².